The zero-order valence-electron chi connectivity index (χ0n) is 75.0. The second-order valence-electron chi connectivity index (χ2n) is 36.0. The number of rotatable bonds is 20. The van der Waals surface area contributed by atoms with Crippen LogP contribution in [-0.2, 0) is 32.7 Å². The number of hydrogen-bond acceptors (Lipinski definition) is 20. The van der Waals surface area contributed by atoms with E-state index in [9.17, 15) is 4.39 Å². The van der Waals surface area contributed by atoms with Gasteiger partial charge in [-0.15, -0.1) is 0 Å². The monoisotopic (exact) mass is 1860 g/mol. The van der Waals surface area contributed by atoms with Gasteiger partial charge in [-0.25, -0.2) is 29.3 Å². The minimum Gasteiger partial charge on any atom is -0.296 e. The van der Waals surface area contributed by atoms with Gasteiger partial charge in [0, 0.05) is 99.7 Å². The van der Waals surface area contributed by atoms with Crippen LogP contribution in [0, 0.1) is 5.82 Å². The fourth-order valence-corrected chi connectivity index (χ4v) is 19.7. The first-order valence-electron chi connectivity index (χ1n) is 47.0. The van der Waals surface area contributed by atoms with E-state index in [-0.39, 0.29) is 5.82 Å². The lowest BCUT2D eigenvalue weighted by atomic mass is 9.85. The van der Waals surface area contributed by atoms with Crippen LogP contribution < -0.4 is 0 Å². The van der Waals surface area contributed by atoms with E-state index in [1.54, 1.807) is 18.2 Å². The highest BCUT2D eigenvalue weighted by Crippen LogP contribution is 2.40. The Kier molecular flexibility index (Phi) is 26.4. The lowest BCUT2D eigenvalue weighted by molar-refractivity contribution is 0.254. The van der Waals surface area contributed by atoms with Gasteiger partial charge in [-0.05, 0) is 282 Å². The van der Waals surface area contributed by atoms with Crippen LogP contribution in [0.4, 0.5) is 4.39 Å². The Labute approximate surface area is 792 Å². The van der Waals surface area contributed by atoms with Crippen molar-refractivity contribution in [2.45, 2.75) is 148 Å². The summed E-state index contributed by atoms with van der Waals surface area (Å²) < 4.78 is 13.2. The van der Waals surface area contributed by atoms with Crippen LogP contribution in [0.25, 0.3) is 156 Å². The number of H-pyrrole nitrogens is 10. The maximum atomic E-state index is 13.2. The van der Waals surface area contributed by atoms with Gasteiger partial charge >= 0.3 is 0 Å². The molecular weight excluding hydrogens is 1760 g/mol. The standard InChI is InChI=1S/C21H21FN6.C20H18Cl2N6.C20H19ClN6.C20H26N6.C20H20N6/c1-13-3-2-10-28(13)12-19-23-21(27-25-19)15-6-9-18-17(11-15)20(26-24-18)14-4-7-16(22)8-5-14;21-15-5-3-12(10-16(15)22)19-14-9-13(4-6-17(14)24-26-19)20-23-18(25-27-20)11-28-7-1-2-8-28;21-15-6-3-13(4-7-15)19-16-11-14(5-8-17(16)23-25-19)20-22-18(24-26-20)12-27-9-1-2-10-27;2*1-2-6-14(7-3-1)19-16-12-15(8-9-17(16)22-24-19)20-21-18(23-25-20)13-26-10-4-5-11-26/h4-9,11,13H,2-3,10,12H2,1H3,(H,24,26)(H,23,25,27);3-6,9-10H,1-2,7-8,11H2,(H,24,26)(H,23,25,27);3-8,11H,1-2,9-10,12H2,(H,23,25)(H,22,24,26);8-9,12,14H,1-7,10-11,13H2,(H,22,24)(H,21,23,25);1-3,6-9,12H,4-5,10-11,13H2,(H,22,24)(H,21,23,25). The number of nitrogens with one attached hydrogen (secondary N) is 10. The number of halogens is 4. The average Bonchev–Trinajstić information content (AvgIpc) is 1.66. The van der Waals surface area contributed by atoms with Gasteiger partial charge in [-0.1, -0.05) is 103 Å². The maximum Gasteiger partial charge on any atom is 0.181 e. The molecule has 5 saturated heterocycles. The smallest absolute Gasteiger partial charge is 0.181 e. The van der Waals surface area contributed by atoms with Crippen LogP contribution in [-0.4, -0.2) is 216 Å². The first-order chi connectivity index (χ1) is 66.3. The van der Waals surface area contributed by atoms with Crippen molar-refractivity contribution in [1.82, 2.24) is 151 Å². The largest absolute Gasteiger partial charge is 0.296 e. The van der Waals surface area contributed by atoms with Crippen molar-refractivity contribution in [3.8, 4) is 102 Å². The molecule has 0 radical (unpaired) electrons. The van der Waals surface area contributed by atoms with Gasteiger partial charge in [-0.3, -0.25) is 75.5 Å². The Hall–Kier alpha value is -13.4. The minimum atomic E-state index is -0.259. The Morgan fingerprint density at radius 1 is 0.289 bits per heavy atom. The lowest BCUT2D eigenvalue weighted by Gasteiger charge is -2.20. The molecule has 0 spiro atoms. The van der Waals surface area contributed by atoms with Crippen LogP contribution in [0.1, 0.15) is 144 Å². The predicted molar refractivity (Wildman–Crippen MR) is 527 cm³/mol. The number of hydrogen-bond donors (Lipinski definition) is 10. The van der Waals surface area contributed by atoms with E-state index in [1.165, 1.54) is 133 Å². The number of benzene rings is 9. The lowest BCUT2D eigenvalue weighted by Crippen LogP contribution is -2.26. The van der Waals surface area contributed by atoms with E-state index in [0.717, 1.165) is 241 Å². The van der Waals surface area contributed by atoms with Gasteiger partial charge in [0.15, 0.2) is 29.1 Å². The maximum absolute atomic E-state index is 13.2. The molecule has 15 heterocycles. The van der Waals surface area contributed by atoms with Crippen LogP contribution >= 0.6 is 34.8 Å². The third-order valence-corrected chi connectivity index (χ3v) is 27.6. The van der Waals surface area contributed by atoms with E-state index in [2.05, 4.69) is 187 Å². The molecule has 6 fully saturated rings. The molecule has 9 aromatic carbocycles. The summed E-state index contributed by atoms with van der Waals surface area (Å²) in [6.45, 7) is 16.7. The van der Waals surface area contributed by atoms with Gasteiger partial charge in [0.2, 0.25) is 0 Å². The minimum absolute atomic E-state index is 0.259. The highest BCUT2D eigenvalue weighted by atomic mass is 35.5. The molecule has 34 heteroatoms. The summed E-state index contributed by atoms with van der Waals surface area (Å²) in [6, 6.07) is 61.2. The van der Waals surface area contributed by atoms with E-state index in [1.807, 2.05) is 109 Å². The van der Waals surface area contributed by atoms with Gasteiger partial charge in [0.25, 0.3) is 0 Å². The molecule has 30 nitrogen and oxygen atoms in total. The zero-order valence-corrected chi connectivity index (χ0v) is 77.3. The molecule has 686 valence electrons. The molecule has 6 aliphatic rings. The summed E-state index contributed by atoms with van der Waals surface area (Å²) >= 11 is 18.2. The fourth-order valence-electron chi connectivity index (χ4n) is 19.3. The number of aromatic amines is 10. The number of fused-ring (bicyclic) bond motifs is 5. The van der Waals surface area contributed by atoms with Gasteiger partial charge in [0.05, 0.1) is 93.1 Å². The molecule has 19 aromatic rings. The Balaban J connectivity index is 0.000000101. The molecule has 135 heavy (non-hydrogen) atoms. The van der Waals surface area contributed by atoms with Crippen LogP contribution in [0.3, 0.4) is 0 Å². The van der Waals surface area contributed by atoms with Crippen molar-refractivity contribution in [2.75, 3.05) is 58.9 Å². The molecule has 1 atom stereocenters. The molecule has 0 amide bonds. The van der Waals surface area contributed by atoms with Gasteiger partial charge in [-0.2, -0.15) is 51.0 Å². The topological polar surface area (TPSA) is 367 Å². The summed E-state index contributed by atoms with van der Waals surface area (Å²) in [7, 11) is 0. The third kappa shape index (κ3) is 20.4. The molecule has 10 aromatic heterocycles. The van der Waals surface area contributed by atoms with Crippen molar-refractivity contribution in [1.29, 1.82) is 0 Å². The van der Waals surface area contributed by atoms with Crippen molar-refractivity contribution < 1.29 is 4.39 Å². The second kappa shape index (κ2) is 40.4. The third-order valence-electron chi connectivity index (χ3n) is 26.6. The van der Waals surface area contributed by atoms with Crippen LogP contribution in [0.2, 0.25) is 15.1 Å². The summed E-state index contributed by atoms with van der Waals surface area (Å²) in [5.74, 6) is 8.55. The SMILES string of the molecule is CC1CCCN1Cc1nc(-c2ccc3[nH]nc(-c4ccc(F)cc4)c3c2)n[nH]1.Clc1ccc(-c2n[nH]c3ccc(-c4n[nH]c(CN5CCCC5)n4)cc23)cc1.Clc1ccc(-c2n[nH]c3ccc(-c4n[nH]c(CN5CCCC5)n4)cc23)cc1Cl.c1cc2n[nH]c(C3CCCCC3)c2cc1-c1n[nH]c(CN2CCCC2)n1.c1ccc(-c2n[nH]c3ccc(-c4n[nH]c(CN5CCCC5)n4)cc23)cc1. The van der Waals surface area contributed by atoms with Crippen molar-refractivity contribution in [3.05, 3.63) is 244 Å². The Morgan fingerprint density at radius 2 is 0.637 bits per heavy atom. The molecule has 0 bridgehead atoms. The number of aromatic nitrogens is 25. The number of nitrogens with zero attached hydrogens (tertiary/aromatic N) is 20. The molecule has 25 rings (SSSR count). The first kappa shape index (κ1) is 88.2. The second-order valence-corrected chi connectivity index (χ2v) is 37.2. The molecule has 1 aliphatic carbocycles. The van der Waals surface area contributed by atoms with Crippen molar-refractivity contribution in [3.63, 3.8) is 0 Å². The Bertz CT molecular complexity index is 7230. The molecule has 10 N–H and O–H groups in total. The van der Waals surface area contributed by atoms with E-state index < -0.39 is 0 Å². The fraction of sp³-hybridized carbons (Fsp3) is 0.317. The average molecular weight is 1860 g/mol. The van der Waals surface area contributed by atoms with Crippen molar-refractivity contribution in [2.24, 2.45) is 0 Å². The summed E-state index contributed by atoms with van der Waals surface area (Å²) in [5, 5.41) is 82.7. The highest BCUT2D eigenvalue weighted by Gasteiger charge is 2.27. The summed E-state index contributed by atoms with van der Waals surface area (Å²) in [4.78, 5) is 35.6. The van der Waals surface area contributed by atoms with Crippen LogP contribution in [0.15, 0.2) is 188 Å². The summed E-state index contributed by atoms with van der Waals surface area (Å²) in [5.41, 5.74) is 18.5. The van der Waals surface area contributed by atoms with E-state index >= 15 is 0 Å². The molecule has 5 aliphatic heterocycles. The number of likely N-dealkylation sites (tertiary alicyclic amines) is 5. The normalized spacial score (nSPS) is 16.4. The predicted octanol–water partition coefficient (Wildman–Crippen LogP) is 20.9. The highest BCUT2D eigenvalue weighted by molar-refractivity contribution is 6.42. The summed E-state index contributed by atoms with van der Waals surface area (Å²) in [6.07, 6.45) is 19.2. The van der Waals surface area contributed by atoms with Gasteiger partial charge < -0.3 is 0 Å². The van der Waals surface area contributed by atoms with E-state index in [0.29, 0.717) is 44.5 Å². The zero-order chi connectivity index (χ0) is 91.1. The molecular formula is C101H104Cl3FN30. The van der Waals surface area contributed by atoms with E-state index in [4.69, 9.17) is 54.7 Å². The molecule has 1 saturated carbocycles. The Morgan fingerprint density at radius 3 is 1.02 bits per heavy atom. The molecule has 1 unspecified atom stereocenters. The van der Waals surface area contributed by atoms with Gasteiger partial charge in [0.1, 0.15) is 34.9 Å². The quantitative estimate of drug-likeness (QED) is 0.0339. The van der Waals surface area contributed by atoms with Crippen molar-refractivity contribution >= 4 is 89.3 Å². The first-order valence-corrected chi connectivity index (χ1v) is 48.1. The van der Waals surface area contributed by atoms with Crippen LogP contribution in [0.5, 0.6) is 0 Å².